The Morgan fingerprint density at radius 2 is 1.17 bits per heavy atom. The molecule has 4 aromatic rings. The molecule has 0 radical (unpaired) electrons. The number of hydrogen-bond donors (Lipinski definition) is 1. The average Bonchev–Trinajstić information content (AvgIpc) is 3.00. The highest BCUT2D eigenvalue weighted by Crippen LogP contribution is 2.17. The van der Waals surface area contributed by atoms with Gasteiger partial charge in [0.05, 0.1) is 11.0 Å². The van der Waals surface area contributed by atoms with E-state index in [-0.39, 0.29) is 0 Å². The normalized spacial score (nSPS) is 11.2. The number of nitrogens with zero attached hydrogens (tertiary/aromatic N) is 2. The topological polar surface area (TPSA) is 33.7 Å². The summed E-state index contributed by atoms with van der Waals surface area (Å²) in [4.78, 5) is 0. The van der Waals surface area contributed by atoms with Crippen molar-refractivity contribution >= 4 is 11.0 Å². The first-order chi connectivity index (χ1) is 14.2. The van der Waals surface area contributed by atoms with E-state index in [1.54, 1.807) is 0 Å². The molecule has 0 aliphatic carbocycles. The predicted octanol–water partition coefficient (Wildman–Crippen LogP) is 5.50. The molecule has 3 nitrogen and oxygen atoms in total. The van der Waals surface area contributed by atoms with Crippen molar-refractivity contribution in [2.24, 2.45) is 0 Å². The molecule has 1 heterocycles. The van der Waals surface area contributed by atoms with Crippen molar-refractivity contribution in [2.75, 3.05) is 0 Å². The fourth-order valence-electron chi connectivity index (χ4n) is 4.08. The summed E-state index contributed by atoms with van der Waals surface area (Å²) in [6.45, 7) is 3.88. The molecule has 0 amide bonds. The molecule has 0 aliphatic heterocycles. The van der Waals surface area contributed by atoms with E-state index in [4.69, 9.17) is 5.41 Å². The molecule has 3 aromatic carbocycles. The molecule has 148 valence electrons. The van der Waals surface area contributed by atoms with E-state index in [1.165, 1.54) is 27.7 Å². The first kappa shape index (κ1) is 19.3. The molecule has 3 heteroatoms. The zero-order chi connectivity index (χ0) is 20.1. The summed E-state index contributed by atoms with van der Waals surface area (Å²) < 4.78 is 4.37. The fourth-order valence-corrected chi connectivity index (χ4v) is 4.08. The molecule has 0 saturated heterocycles. The Balaban J connectivity index is 1.53. The van der Waals surface area contributed by atoms with E-state index in [1.807, 2.05) is 0 Å². The maximum Gasteiger partial charge on any atom is 0.202 e. The van der Waals surface area contributed by atoms with Crippen LogP contribution in [0.3, 0.4) is 0 Å². The Morgan fingerprint density at radius 3 is 1.72 bits per heavy atom. The minimum absolute atomic E-state index is 0.617. The summed E-state index contributed by atoms with van der Waals surface area (Å²) in [5.41, 5.74) is 6.95. The molecule has 1 aromatic heterocycles. The summed E-state index contributed by atoms with van der Waals surface area (Å²) >= 11 is 0. The summed E-state index contributed by atoms with van der Waals surface area (Å²) in [7, 11) is 0. The molecule has 0 spiro atoms. The fraction of sp³-hybridized carbons (Fsp3) is 0.269. The zero-order valence-electron chi connectivity index (χ0n) is 17.1. The van der Waals surface area contributed by atoms with Crippen molar-refractivity contribution < 1.29 is 0 Å². The zero-order valence-corrected chi connectivity index (χ0v) is 17.1. The van der Waals surface area contributed by atoms with Crippen molar-refractivity contribution in [2.45, 2.75) is 45.7 Å². The van der Waals surface area contributed by atoms with Crippen LogP contribution in [0.2, 0.25) is 0 Å². The van der Waals surface area contributed by atoms with Gasteiger partial charge in [0.25, 0.3) is 0 Å². The van der Waals surface area contributed by atoms with Gasteiger partial charge in [0, 0.05) is 13.1 Å². The van der Waals surface area contributed by atoms with E-state index in [0.29, 0.717) is 5.62 Å². The highest BCUT2D eigenvalue weighted by atomic mass is 15.2. The molecule has 1 N–H and O–H groups in total. The second kappa shape index (κ2) is 8.95. The number of hydrogen-bond acceptors (Lipinski definition) is 1. The van der Waals surface area contributed by atoms with E-state index < -0.39 is 0 Å². The highest BCUT2D eigenvalue weighted by Gasteiger charge is 2.11. The van der Waals surface area contributed by atoms with Gasteiger partial charge in [0.1, 0.15) is 0 Å². The number of nitrogens with one attached hydrogen (secondary N) is 1. The number of rotatable bonds is 8. The van der Waals surface area contributed by atoms with Gasteiger partial charge < -0.3 is 9.13 Å². The van der Waals surface area contributed by atoms with Gasteiger partial charge in [-0.05, 0) is 61.4 Å². The number of imidazole rings is 1. The maximum absolute atomic E-state index is 8.84. The van der Waals surface area contributed by atoms with E-state index >= 15 is 0 Å². The van der Waals surface area contributed by atoms with Crippen molar-refractivity contribution in [3.8, 4) is 0 Å². The minimum atomic E-state index is 0.617. The van der Waals surface area contributed by atoms with Crippen LogP contribution in [0.15, 0.2) is 78.9 Å². The second-order valence-electron chi connectivity index (χ2n) is 7.80. The third-order valence-electron chi connectivity index (χ3n) is 5.60. The van der Waals surface area contributed by atoms with Gasteiger partial charge in [-0.1, -0.05) is 66.7 Å². The number of fused-ring (bicyclic) bond motifs is 1. The van der Waals surface area contributed by atoms with E-state index in [9.17, 15) is 0 Å². The first-order valence-corrected chi connectivity index (χ1v) is 10.5. The molecule has 0 atom stereocenters. The number of aryl methyl sites for hydroxylation is 5. The van der Waals surface area contributed by atoms with Gasteiger partial charge in [-0.3, -0.25) is 5.41 Å². The summed E-state index contributed by atoms with van der Waals surface area (Å²) in [5, 5.41) is 8.84. The predicted molar refractivity (Wildman–Crippen MR) is 120 cm³/mol. The highest BCUT2D eigenvalue weighted by molar-refractivity contribution is 5.76. The molecule has 0 aliphatic rings. The van der Waals surface area contributed by atoms with Gasteiger partial charge in [-0.25, -0.2) is 0 Å². The lowest BCUT2D eigenvalue weighted by Gasteiger charge is -2.06. The molecular weight excluding hydrogens is 354 g/mol. The Bertz CT molecular complexity index is 1120. The standard InChI is InChI=1S/C26H29N3/c1-21-16-17-24-25(20-21)29(19-9-15-23-12-6-3-7-13-23)26(27)28(24)18-8-14-22-10-4-2-5-11-22/h2-7,10-13,16-17,20,27H,8-9,14-15,18-19H2,1H3. The van der Waals surface area contributed by atoms with Crippen LogP contribution in [0.25, 0.3) is 11.0 Å². The quantitative estimate of drug-likeness (QED) is 0.417. The third kappa shape index (κ3) is 4.51. The van der Waals surface area contributed by atoms with Crippen LogP contribution in [0.5, 0.6) is 0 Å². The van der Waals surface area contributed by atoms with Crippen LogP contribution in [0.4, 0.5) is 0 Å². The van der Waals surface area contributed by atoms with Crippen LogP contribution in [-0.2, 0) is 25.9 Å². The van der Waals surface area contributed by atoms with Crippen LogP contribution >= 0.6 is 0 Å². The van der Waals surface area contributed by atoms with Crippen LogP contribution in [0.1, 0.15) is 29.5 Å². The van der Waals surface area contributed by atoms with Crippen molar-refractivity contribution in [1.29, 1.82) is 5.41 Å². The molecule has 4 rings (SSSR count). The van der Waals surface area contributed by atoms with Gasteiger partial charge in [-0.15, -0.1) is 0 Å². The third-order valence-corrected chi connectivity index (χ3v) is 5.60. The average molecular weight is 384 g/mol. The van der Waals surface area contributed by atoms with Crippen molar-refractivity contribution in [3.63, 3.8) is 0 Å². The molecule has 29 heavy (non-hydrogen) atoms. The Kier molecular flexibility index (Phi) is 5.95. The molecule has 0 bridgehead atoms. The molecule has 0 unspecified atom stereocenters. The van der Waals surface area contributed by atoms with Gasteiger partial charge in [-0.2, -0.15) is 0 Å². The van der Waals surface area contributed by atoms with E-state index in [0.717, 1.165) is 38.8 Å². The van der Waals surface area contributed by atoms with E-state index in [2.05, 4.69) is 94.9 Å². The van der Waals surface area contributed by atoms with Gasteiger partial charge >= 0.3 is 0 Å². The van der Waals surface area contributed by atoms with Crippen LogP contribution < -0.4 is 5.62 Å². The minimum Gasteiger partial charge on any atom is -0.310 e. The largest absolute Gasteiger partial charge is 0.310 e. The van der Waals surface area contributed by atoms with Crippen molar-refractivity contribution in [3.05, 3.63) is 101 Å². The number of benzene rings is 3. The lowest BCUT2D eigenvalue weighted by atomic mass is 10.1. The van der Waals surface area contributed by atoms with Crippen LogP contribution in [-0.4, -0.2) is 9.13 Å². The Labute approximate surface area is 172 Å². The molecule has 0 saturated carbocycles. The monoisotopic (exact) mass is 383 g/mol. The second-order valence-corrected chi connectivity index (χ2v) is 7.80. The first-order valence-electron chi connectivity index (χ1n) is 10.5. The lowest BCUT2D eigenvalue weighted by molar-refractivity contribution is 0.561. The van der Waals surface area contributed by atoms with Gasteiger partial charge in [0.2, 0.25) is 5.62 Å². The molecule has 0 fully saturated rings. The summed E-state index contributed by atoms with van der Waals surface area (Å²) in [5.74, 6) is 0. The van der Waals surface area contributed by atoms with Gasteiger partial charge in [0.15, 0.2) is 0 Å². The van der Waals surface area contributed by atoms with Crippen molar-refractivity contribution in [1.82, 2.24) is 9.13 Å². The Morgan fingerprint density at radius 1 is 0.655 bits per heavy atom. The summed E-state index contributed by atoms with van der Waals surface area (Å²) in [6.07, 6.45) is 4.16. The lowest BCUT2D eigenvalue weighted by Crippen LogP contribution is -2.25. The van der Waals surface area contributed by atoms with Crippen LogP contribution in [0, 0.1) is 12.3 Å². The SMILES string of the molecule is Cc1ccc2c(c1)n(CCCc1ccccc1)c(=N)n2CCCc1ccccc1. The number of aromatic nitrogens is 2. The summed E-state index contributed by atoms with van der Waals surface area (Å²) in [6, 6.07) is 27.8. The Hall–Kier alpha value is -3.07. The molecular formula is C26H29N3. The smallest absolute Gasteiger partial charge is 0.202 e. The maximum atomic E-state index is 8.84.